The first kappa shape index (κ1) is 11.1. The molecule has 3 fully saturated rings. The number of aromatic amines is 1. The van der Waals surface area contributed by atoms with Gasteiger partial charge in [-0.3, -0.25) is 14.9 Å². The van der Waals surface area contributed by atoms with Crippen LogP contribution in [0, 0.1) is 0 Å². The Bertz CT molecular complexity index is 572. The highest BCUT2D eigenvalue weighted by atomic mass is 15.3. The first-order valence-corrected chi connectivity index (χ1v) is 6.74. The lowest BCUT2D eigenvalue weighted by atomic mass is 10.1. The molecule has 7 heteroatoms. The van der Waals surface area contributed by atoms with Crippen molar-refractivity contribution in [3.05, 3.63) is 12.5 Å². The smallest absolute Gasteiger partial charge is 0.160 e. The molecular weight excluding hydrogens is 242 g/mol. The predicted molar refractivity (Wildman–Crippen MR) is 72.0 cm³/mol. The van der Waals surface area contributed by atoms with Crippen LogP contribution in [0.1, 0.15) is 0 Å². The highest BCUT2D eigenvalue weighted by Crippen LogP contribution is 2.19. The van der Waals surface area contributed by atoms with Crippen molar-refractivity contribution in [3.8, 4) is 0 Å². The minimum absolute atomic E-state index is 0.583. The molecule has 2 aromatic rings. The molecule has 3 saturated heterocycles. The molecule has 0 radical (unpaired) electrons. The summed E-state index contributed by atoms with van der Waals surface area (Å²) in [5.74, 6) is 0.872. The van der Waals surface area contributed by atoms with E-state index in [1.54, 1.807) is 12.5 Å². The molecule has 1 unspecified atom stereocenters. The minimum atomic E-state index is 0.583. The van der Waals surface area contributed by atoms with Crippen LogP contribution < -0.4 is 5.32 Å². The Balaban J connectivity index is 1.49. The van der Waals surface area contributed by atoms with Gasteiger partial charge in [0.05, 0.1) is 11.6 Å². The van der Waals surface area contributed by atoms with E-state index in [0.717, 1.165) is 29.9 Å². The summed E-state index contributed by atoms with van der Waals surface area (Å²) in [7, 11) is 0. The third-order valence-electron chi connectivity index (χ3n) is 4.15. The van der Waals surface area contributed by atoms with E-state index in [4.69, 9.17) is 0 Å². The van der Waals surface area contributed by atoms with Crippen LogP contribution in [0.2, 0.25) is 0 Å². The van der Waals surface area contributed by atoms with Gasteiger partial charge in [-0.25, -0.2) is 9.97 Å². The highest BCUT2D eigenvalue weighted by Gasteiger charge is 2.31. The number of piperazine rings is 3. The lowest BCUT2D eigenvalue weighted by molar-refractivity contribution is 0.0189. The van der Waals surface area contributed by atoms with Crippen LogP contribution in [0.25, 0.3) is 11.0 Å². The fourth-order valence-corrected chi connectivity index (χ4v) is 3.04. The Morgan fingerprint density at radius 1 is 1.26 bits per heavy atom. The normalized spacial score (nSPS) is 29.8. The molecule has 0 spiro atoms. The van der Waals surface area contributed by atoms with Crippen molar-refractivity contribution in [2.24, 2.45) is 0 Å². The van der Waals surface area contributed by atoms with Gasteiger partial charge in [0.2, 0.25) is 0 Å². The van der Waals surface area contributed by atoms with Gasteiger partial charge in [-0.1, -0.05) is 0 Å². The Morgan fingerprint density at radius 3 is 2.95 bits per heavy atom. The van der Waals surface area contributed by atoms with Gasteiger partial charge in [0.15, 0.2) is 5.65 Å². The van der Waals surface area contributed by atoms with Crippen LogP contribution >= 0.6 is 0 Å². The summed E-state index contributed by atoms with van der Waals surface area (Å²) in [4.78, 5) is 13.6. The molecule has 5 heterocycles. The van der Waals surface area contributed by atoms with Gasteiger partial charge in [-0.15, -0.1) is 0 Å². The second kappa shape index (κ2) is 4.43. The first-order chi connectivity index (χ1) is 9.40. The maximum Gasteiger partial charge on any atom is 0.160 e. The Labute approximate surface area is 111 Å². The fraction of sp³-hybridized carbons (Fsp3) is 0.583. The Hall–Kier alpha value is -1.73. The zero-order valence-corrected chi connectivity index (χ0v) is 10.7. The van der Waals surface area contributed by atoms with Crippen molar-refractivity contribution < 1.29 is 0 Å². The molecule has 0 amide bonds. The summed E-state index contributed by atoms with van der Waals surface area (Å²) in [5.41, 5.74) is 0.784. The van der Waals surface area contributed by atoms with Gasteiger partial charge in [0, 0.05) is 45.3 Å². The molecule has 3 aliphatic heterocycles. The maximum atomic E-state index is 4.31. The lowest BCUT2D eigenvalue weighted by Crippen LogP contribution is -2.62. The second-order valence-electron chi connectivity index (χ2n) is 5.23. The monoisotopic (exact) mass is 259 g/mol. The van der Waals surface area contributed by atoms with E-state index in [1.807, 2.05) is 0 Å². The van der Waals surface area contributed by atoms with E-state index < -0.39 is 0 Å². The van der Waals surface area contributed by atoms with E-state index in [2.05, 4.69) is 35.3 Å². The Kier molecular flexibility index (Phi) is 2.59. The first-order valence-electron chi connectivity index (χ1n) is 6.74. The molecule has 0 aromatic carbocycles. The van der Waals surface area contributed by atoms with Crippen LogP contribution in [0.5, 0.6) is 0 Å². The molecule has 2 aromatic heterocycles. The van der Waals surface area contributed by atoms with Crippen molar-refractivity contribution >= 4 is 16.9 Å². The zero-order valence-electron chi connectivity index (χ0n) is 10.7. The van der Waals surface area contributed by atoms with Crippen LogP contribution in [-0.4, -0.2) is 75.3 Å². The second-order valence-corrected chi connectivity index (χ2v) is 5.23. The molecule has 5 rings (SSSR count). The number of nitrogens with one attached hydrogen (secondary N) is 2. The Morgan fingerprint density at radius 2 is 2.16 bits per heavy atom. The predicted octanol–water partition coefficient (Wildman–Crippen LogP) is -0.235. The van der Waals surface area contributed by atoms with Gasteiger partial charge in [-0.2, -0.15) is 5.10 Å². The summed E-state index contributed by atoms with van der Waals surface area (Å²) in [6.45, 7) is 6.90. The van der Waals surface area contributed by atoms with Crippen molar-refractivity contribution in [3.63, 3.8) is 0 Å². The van der Waals surface area contributed by atoms with E-state index in [1.165, 1.54) is 26.2 Å². The van der Waals surface area contributed by atoms with Crippen LogP contribution in [-0.2, 0) is 0 Å². The highest BCUT2D eigenvalue weighted by molar-refractivity contribution is 5.85. The number of aromatic nitrogens is 4. The molecule has 0 saturated carbocycles. The van der Waals surface area contributed by atoms with Crippen molar-refractivity contribution in [2.45, 2.75) is 6.04 Å². The average molecular weight is 259 g/mol. The molecule has 3 aliphatic rings. The minimum Gasteiger partial charge on any atom is -0.368 e. The van der Waals surface area contributed by atoms with Crippen molar-refractivity contribution in [1.82, 2.24) is 30.0 Å². The summed E-state index contributed by atoms with van der Waals surface area (Å²) in [5, 5.41) is 11.3. The fourth-order valence-electron chi connectivity index (χ4n) is 3.04. The molecular formula is C12H17N7. The van der Waals surface area contributed by atoms with Gasteiger partial charge in [-0.05, 0) is 0 Å². The van der Waals surface area contributed by atoms with Crippen LogP contribution in [0.4, 0.5) is 5.82 Å². The molecule has 100 valence electrons. The number of fused-ring (bicyclic) bond motifs is 4. The van der Waals surface area contributed by atoms with Crippen molar-refractivity contribution in [2.75, 3.05) is 44.6 Å². The largest absolute Gasteiger partial charge is 0.368 e. The SMILES string of the molecule is c1nc(NCC2CN3CCN2CC3)c2cn[nH]c2n1. The number of H-pyrrole nitrogens is 1. The topological polar surface area (TPSA) is 73.0 Å². The summed E-state index contributed by atoms with van der Waals surface area (Å²) >= 11 is 0. The maximum absolute atomic E-state index is 4.31. The lowest BCUT2D eigenvalue weighted by Gasteiger charge is -2.47. The van der Waals surface area contributed by atoms with Gasteiger partial charge in [0.25, 0.3) is 0 Å². The van der Waals surface area contributed by atoms with E-state index in [-0.39, 0.29) is 0 Å². The van der Waals surface area contributed by atoms with E-state index in [9.17, 15) is 0 Å². The van der Waals surface area contributed by atoms with Crippen LogP contribution in [0.3, 0.4) is 0 Å². The van der Waals surface area contributed by atoms with E-state index >= 15 is 0 Å². The summed E-state index contributed by atoms with van der Waals surface area (Å²) in [6.07, 6.45) is 3.34. The van der Waals surface area contributed by atoms with Gasteiger partial charge < -0.3 is 5.32 Å². The number of rotatable bonds is 3. The molecule has 19 heavy (non-hydrogen) atoms. The number of nitrogens with zero attached hydrogens (tertiary/aromatic N) is 5. The average Bonchev–Trinajstić information content (AvgIpc) is 2.95. The summed E-state index contributed by atoms with van der Waals surface area (Å²) < 4.78 is 0. The number of hydrogen-bond donors (Lipinski definition) is 2. The van der Waals surface area contributed by atoms with Crippen LogP contribution in [0.15, 0.2) is 12.5 Å². The standard InChI is InChI=1S/C12H17N7/c1-3-19-4-2-18(1)7-9(19)5-13-11-10-6-16-17-12(10)15-8-14-11/h6,8-9H,1-5,7H2,(H2,13,14,15,16,17). The molecule has 2 N–H and O–H groups in total. The van der Waals surface area contributed by atoms with Gasteiger partial charge >= 0.3 is 0 Å². The van der Waals surface area contributed by atoms with Crippen molar-refractivity contribution in [1.29, 1.82) is 0 Å². The molecule has 1 atom stereocenters. The summed E-state index contributed by atoms with van der Waals surface area (Å²) in [6, 6.07) is 0.583. The number of hydrogen-bond acceptors (Lipinski definition) is 6. The van der Waals surface area contributed by atoms with Gasteiger partial charge in [0.1, 0.15) is 12.1 Å². The third-order valence-corrected chi connectivity index (χ3v) is 4.15. The quantitative estimate of drug-likeness (QED) is 0.793. The molecule has 7 nitrogen and oxygen atoms in total. The number of anilines is 1. The zero-order chi connectivity index (χ0) is 12.7. The van der Waals surface area contributed by atoms with E-state index in [0.29, 0.717) is 6.04 Å². The third kappa shape index (κ3) is 1.95. The molecule has 0 aliphatic carbocycles. The molecule has 2 bridgehead atoms.